The number of rotatable bonds is 4. The molecule has 2 rings (SSSR count). The first-order valence-electron chi connectivity index (χ1n) is 5.19. The van der Waals surface area contributed by atoms with E-state index < -0.39 is 5.97 Å². The van der Waals surface area contributed by atoms with Gasteiger partial charge in [-0.3, -0.25) is 4.79 Å². The Bertz CT molecular complexity index is 388. The molecule has 6 heteroatoms. The largest absolute Gasteiger partial charge is 0.481 e. The lowest BCUT2D eigenvalue weighted by Crippen LogP contribution is -2.18. The van der Waals surface area contributed by atoms with Crippen molar-refractivity contribution in [3.8, 4) is 0 Å². The third kappa shape index (κ3) is 2.07. The Morgan fingerprint density at radius 2 is 2.44 bits per heavy atom. The lowest BCUT2D eigenvalue weighted by molar-refractivity contribution is -0.137. The van der Waals surface area contributed by atoms with Gasteiger partial charge in [0.15, 0.2) is 0 Å². The van der Waals surface area contributed by atoms with Crippen molar-refractivity contribution >= 4 is 5.97 Å². The van der Waals surface area contributed by atoms with Crippen LogP contribution in [0.1, 0.15) is 29.4 Å². The van der Waals surface area contributed by atoms with E-state index in [1.807, 2.05) is 0 Å². The molecule has 0 aliphatic carbocycles. The fraction of sp³-hybridized carbons (Fsp3) is 0.600. The molecule has 0 aromatic carbocycles. The first-order valence-corrected chi connectivity index (χ1v) is 5.19. The molecule has 1 aliphatic heterocycles. The third-order valence-electron chi connectivity index (χ3n) is 2.71. The van der Waals surface area contributed by atoms with E-state index in [0.717, 1.165) is 11.3 Å². The molecule has 6 nitrogen and oxygen atoms in total. The molecule has 3 N–H and O–H groups in total. The number of carboxylic acids is 1. The molecule has 0 radical (unpaired) electrons. The Morgan fingerprint density at radius 1 is 1.62 bits per heavy atom. The number of aromatic nitrogens is 1. The molecule has 1 aromatic heterocycles. The van der Waals surface area contributed by atoms with Crippen molar-refractivity contribution in [3.63, 3.8) is 0 Å². The van der Waals surface area contributed by atoms with E-state index in [9.17, 15) is 4.79 Å². The number of carboxylic acid groups (broad SMARTS) is 1. The van der Waals surface area contributed by atoms with Gasteiger partial charge < -0.3 is 20.1 Å². The van der Waals surface area contributed by atoms with Gasteiger partial charge in [0, 0.05) is 24.4 Å². The Kier molecular flexibility index (Phi) is 3.21. The number of nitrogens with two attached hydrogens (primary N) is 1. The van der Waals surface area contributed by atoms with E-state index in [4.69, 9.17) is 20.1 Å². The molecule has 88 valence electrons. The third-order valence-corrected chi connectivity index (χ3v) is 2.71. The van der Waals surface area contributed by atoms with Crippen molar-refractivity contribution in [1.29, 1.82) is 0 Å². The summed E-state index contributed by atoms with van der Waals surface area (Å²) in [5, 5.41) is 12.7. The molecule has 1 atom stereocenters. The van der Waals surface area contributed by atoms with Crippen LogP contribution in [-0.4, -0.2) is 29.4 Å². The zero-order chi connectivity index (χ0) is 11.5. The quantitative estimate of drug-likeness (QED) is 0.764. The summed E-state index contributed by atoms with van der Waals surface area (Å²) in [6.07, 6.45) is 0.668. The van der Waals surface area contributed by atoms with Gasteiger partial charge >= 0.3 is 5.97 Å². The lowest BCUT2D eigenvalue weighted by Gasteiger charge is -2.14. The highest BCUT2D eigenvalue weighted by atomic mass is 16.5. The average molecular weight is 226 g/mol. The number of hydrogen-bond acceptors (Lipinski definition) is 5. The maximum absolute atomic E-state index is 10.7. The SMILES string of the molecule is NCC(CC(=O)O)c1onc2c1COCC2. The number of fused-ring (bicyclic) bond motifs is 1. The molecule has 16 heavy (non-hydrogen) atoms. The van der Waals surface area contributed by atoms with Crippen molar-refractivity contribution in [2.45, 2.75) is 25.4 Å². The van der Waals surface area contributed by atoms with Crippen LogP contribution in [0.15, 0.2) is 4.52 Å². The summed E-state index contributed by atoms with van der Waals surface area (Å²) in [5.74, 6) is -0.646. The molecule has 1 unspecified atom stereocenters. The van der Waals surface area contributed by atoms with Gasteiger partial charge in [0.2, 0.25) is 0 Å². The summed E-state index contributed by atoms with van der Waals surface area (Å²) in [6.45, 7) is 1.30. The standard InChI is InChI=1S/C10H14N2O4/c11-4-6(3-9(13)14)10-7-5-15-2-1-8(7)12-16-10/h6H,1-5,11H2,(H,13,14). The topological polar surface area (TPSA) is 98.6 Å². The Labute approximate surface area is 92.4 Å². The summed E-state index contributed by atoms with van der Waals surface area (Å²) in [5.41, 5.74) is 7.30. The second-order valence-corrected chi connectivity index (χ2v) is 3.81. The Morgan fingerprint density at radius 3 is 3.12 bits per heavy atom. The van der Waals surface area contributed by atoms with E-state index in [1.54, 1.807) is 0 Å². The highest BCUT2D eigenvalue weighted by Crippen LogP contribution is 2.28. The van der Waals surface area contributed by atoms with Crippen molar-refractivity contribution in [3.05, 3.63) is 17.0 Å². The smallest absolute Gasteiger partial charge is 0.304 e. The lowest BCUT2D eigenvalue weighted by atomic mass is 9.97. The van der Waals surface area contributed by atoms with Crippen molar-refractivity contribution < 1.29 is 19.2 Å². The van der Waals surface area contributed by atoms with E-state index in [0.29, 0.717) is 25.4 Å². The first kappa shape index (κ1) is 11.1. The van der Waals surface area contributed by atoms with E-state index in [-0.39, 0.29) is 18.9 Å². The normalized spacial score (nSPS) is 16.8. The number of nitrogens with zero attached hydrogens (tertiary/aromatic N) is 1. The van der Waals surface area contributed by atoms with Gasteiger partial charge in [-0.25, -0.2) is 0 Å². The predicted octanol–water partition coefficient (Wildman–Crippen LogP) is 0.264. The van der Waals surface area contributed by atoms with E-state index >= 15 is 0 Å². The van der Waals surface area contributed by atoms with Gasteiger partial charge in [-0.2, -0.15) is 0 Å². The zero-order valence-corrected chi connectivity index (χ0v) is 8.81. The second-order valence-electron chi connectivity index (χ2n) is 3.81. The molecule has 2 heterocycles. The minimum absolute atomic E-state index is 0.0435. The maximum atomic E-state index is 10.7. The van der Waals surface area contributed by atoms with Crippen LogP contribution >= 0.6 is 0 Å². The fourth-order valence-corrected chi connectivity index (χ4v) is 1.87. The van der Waals surface area contributed by atoms with Crippen LogP contribution in [0.5, 0.6) is 0 Å². The summed E-state index contributed by atoms with van der Waals surface area (Å²) >= 11 is 0. The number of hydrogen-bond donors (Lipinski definition) is 2. The van der Waals surface area contributed by atoms with Gasteiger partial charge in [-0.15, -0.1) is 0 Å². The molecule has 0 amide bonds. The minimum atomic E-state index is -0.891. The van der Waals surface area contributed by atoms with Crippen LogP contribution in [0.4, 0.5) is 0 Å². The molecule has 0 saturated carbocycles. The summed E-state index contributed by atoms with van der Waals surface area (Å²) in [6, 6.07) is 0. The number of aliphatic carboxylic acids is 1. The van der Waals surface area contributed by atoms with E-state index in [2.05, 4.69) is 5.16 Å². The van der Waals surface area contributed by atoms with Crippen LogP contribution in [0.25, 0.3) is 0 Å². The fourth-order valence-electron chi connectivity index (χ4n) is 1.87. The van der Waals surface area contributed by atoms with Gasteiger partial charge in [0.05, 0.1) is 25.3 Å². The van der Waals surface area contributed by atoms with Gasteiger partial charge in [0.25, 0.3) is 0 Å². The molecule has 0 saturated heterocycles. The Hall–Kier alpha value is -1.40. The minimum Gasteiger partial charge on any atom is -0.481 e. The molecular formula is C10H14N2O4. The molecule has 0 fully saturated rings. The van der Waals surface area contributed by atoms with E-state index in [1.165, 1.54) is 0 Å². The van der Waals surface area contributed by atoms with Gasteiger partial charge in [-0.05, 0) is 0 Å². The monoisotopic (exact) mass is 226 g/mol. The average Bonchev–Trinajstić information content (AvgIpc) is 2.69. The Balaban J connectivity index is 2.24. The van der Waals surface area contributed by atoms with Crippen LogP contribution < -0.4 is 5.73 Å². The van der Waals surface area contributed by atoms with Gasteiger partial charge in [0.1, 0.15) is 5.76 Å². The summed E-state index contributed by atoms with van der Waals surface area (Å²) < 4.78 is 10.5. The van der Waals surface area contributed by atoms with Crippen LogP contribution in [0, 0.1) is 0 Å². The number of carbonyl (C=O) groups is 1. The van der Waals surface area contributed by atoms with Crippen LogP contribution in [0.3, 0.4) is 0 Å². The molecule has 1 aliphatic rings. The van der Waals surface area contributed by atoms with Crippen molar-refractivity contribution in [2.75, 3.05) is 13.2 Å². The summed E-state index contributed by atoms with van der Waals surface area (Å²) in [4.78, 5) is 10.7. The van der Waals surface area contributed by atoms with Crippen molar-refractivity contribution in [2.24, 2.45) is 5.73 Å². The molecule has 0 spiro atoms. The first-order chi connectivity index (χ1) is 7.72. The molecule has 1 aromatic rings. The van der Waals surface area contributed by atoms with Gasteiger partial charge in [-0.1, -0.05) is 5.16 Å². The molecule has 0 bridgehead atoms. The zero-order valence-electron chi connectivity index (χ0n) is 8.81. The summed E-state index contributed by atoms with van der Waals surface area (Å²) in [7, 11) is 0. The highest BCUT2D eigenvalue weighted by molar-refractivity contribution is 5.68. The second kappa shape index (κ2) is 4.63. The van der Waals surface area contributed by atoms with Crippen LogP contribution in [-0.2, 0) is 22.6 Å². The molecular weight excluding hydrogens is 212 g/mol. The predicted molar refractivity (Wildman–Crippen MR) is 53.9 cm³/mol. The van der Waals surface area contributed by atoms with Crippen LogP contribution in [0.2, 0.25) is 0 Å². The number of ether oxygens (including phenoxy) is 1. The maximum Gasteiger partial charge on any atom is 0.304 e. The van der Waals surface area contributed by atoms with Crippen molar-refractivity contribution in [1.82, 2.24) is 5.16 Å². The highest BCUT2D eigenvalue weighted by Gasteiger charge is 2.26.